The van der Waals surface area contributed by atoms with Crippen LogP contribution in [0.2, 0.25) is 0 Å². The molecule has 4 atom stereocenters. The summed E-state index contributed by atoms with van der Waals surface area (Å²) in [6, 6.07) is 0.945. The molecule has 0 radical (unpaired) electrons. The molecule has 3 fully saturated rings. The van der Waals surface area contributed by atoms with Crippen molar-refractivity contribution in [1.29, 1.82) is 0 Å². The number of likely N-dealkylation sites (tertiary alicyclic amines) is 1. The zero-order chi connectivity index (χ0) is 23.7. The lowest BCUT2D eigenvalue weighted by molar-refractivity contribution is -0.144. The normalized spacial score (nSPS) is 27.4. The Labute approximate surface area is 199 Å². The van der Waals surface area contributed by atoms with E-state index in [1.54, 1.807) is 6.92 Å². The smallest absolute Gasteiger partial charge is 0.222 e. The summed E-state index contributed by atoms with van der Waals surface area (Å²) in [6.07, 6.45) is 8.20. The summed E-state index contributed by atoms with van der Waals surface area (Å²) >= 11 is 0. The van der Waals surface area contributed by atoms with Gasteiger partial charge in [0.1, 0.15) is 0 Å². The summed E-state index contributed by atoms with van der Waals surface area (Å²) in [5.41, 5.74) is 3.48. The second-order valence-corrected chi connectivity index (χ2v) is 10.7. The molecule has 3 aliphatic rings. The van der Waals surface area contributed by atoms with Gasteiger partial charge in [-0.15, -0.1) is 0 Å². The first-order chi connectivity index (χ1) is 15.8. The Morgan fingerprint density at radius 3 is 2.55 bits per heavy atom. The van der Waals surface area contributed by atoms with E-state index in [1.165, 1.54) is 50.0 Å². The van der Waals surface area contributed by atoms with E-state index in [9.17, 15) is 9.59 Å². The molecular weight excluding hydrogens is 414 g/mol. The van der Waals surface area contributed by atoms with Crippen molar-refractivity contribution in [2.45, 2.75) is 84.2 Å². The molecule has 33 heavy (non-hydrogen) atoms. The maximum absolute atomic E-state index is 12.9. The van der Waals surface area contributed by atoms with E-state index < -0.39 is 0 Å². The third-order valence-corrected chi connectivity index (χ3v) is 8.75. The zero-order valence-corrected chi connectivity index (χ0v) is 21.3. The van der Waals surface area contributed by atoms with Crippen molar-refractivity contribution in [2.75, 3.05) is 33.2 Å². The highest BCUT2D eigenvalue weighted by atomic mass is 16.2. The standard InChI is InChI=1S/C26H43N5O2/c1-18-22(19(2)29(5)27-18)13-16-28(4)25(33)12-6-11-24-23-10-8-15-30-14-7-9-21(26(23)30)17-31(24)20(3)32/h21,23-24,26H,6-17H2,1-5H3/t21-,23+,24+,26-/m0/s1. The maximum atomic E-state index is 12.9. The maximum Gasteiger partial charge on any atom is 0.222 e. The van der Waals surface area contributed by atoms with Crippen LogP contribution in [0.25, 0.3) is 0 Å². The number of piperidine rings is 3. The van der Waals surface area contributed by atoms with Crippen LogP contribution in [0.1, 0.15) is 68.8 Å². The summed E-state index contributed by atoms with van der Waals surface area (Å²) in [5.74, 6) is 1.63. The van der Waals surface area contributed by atoms with Gasteiger partial charge in [0.05, 0.1) is 5.69 Å². The summed E-state index contributed by atoms with van der Waals surface area (Å²) in [5, 5.41) is 4.49. The van der Waals surface area contributed by atoms with Crippen LogP contribution in [0, 0.1) is 25.7 Å². The van der Waals surface area contributed by atoms with Gasteiger partial charge >= 0.3 is 0 Å². The molecule has 0 saturated carbocycles. The van der Waals surface area contributed by atoms with Gasteiger partial charge in [-0.05, 0) is 89.3 Å². The molecule has 1 aromatic rings. The molecule has 0 spiro atoms. The molecule has 4 rings (SSSR count). The first-order valence-corrected chi connectivity index (χ1v) is 13.0. The van der Waals surface area contributed by atoms with Gasteiger partial charge < -0.3 is 9.80 Å². The number of hydrogen-bond acceptors (Lipinski definition) is 4. The second-order valence-electron chi connectivity index (χ2n) is 10.7. The van der Waals surface area contributed by atoms with Crippen molar-refractivity contribution in [3.63, 3.8) is 0 Å². The third-order valence-electron chi connectivity index (χ3n) is 8.75. The molecule has 2 amide bonds. The Balaban J connectivity index is 1.32. The molecule has 4 heterocycles. The lowest BCUT2D eigenvalue weighted by Gasteiger charge is -2.57. The van der Waals surface area contributed by atoms with Gasteiger partial charge in [-0.3, -0.25) is 19.2 Å². The van der Waals surface area contributed by atoms with Crippen molar-refractivity contribution in [2.24, 2.45) is 18.9 Å². The Morgan fingerprint density at radius 2 is 1.88 bits per heavy atom. The fraction of sp³-hybridized carbons (Fsp3) is 0.808. The van der Waals surface area contributed by atoms with Crippen LogP contribution in [-0.2, 0) is 23.1 Å². The number of aromatic nitrogens is 2. The Bertz CT molecular complexity index is 863. The molecule has 7 nitrogen and oxygen atoms in total. The van der Waals surface area contributed by atoms with Gasteiger partial charge in [-0.2, -0.15) is 5.10 Å². The van der Waals surface area contributed by atoms with Crippen molar-refractivity contribution in [3.05, 3.63) is 17.0 Å². The van der Waals surface area contributed by atoms with Gasteiger partial charge in [0, 0.05) is 58.3 Å². The van der Waals surface area contributed by atoms with Gasteiger partial charge in [-0.25, -0.2) is 0 Å². The average molecular weight is 458 g/mol. The highest BCUT2D eigenvalue weighted by molar-refractivity contribution is 5.76. The van der Waals surface area contributed by atoms with Crippen LogP contribution < -0.4 is 0 Å². The van der Waals surface area contributed by atoms with Crippen LogP contribution in [0.5, 0.6) is 0 Å². The van der Waals surface area contributed by atoms with Gasteiger partial charge in [0.15, 0.2) is 0 Å². The molecule has 184 valence electrons. The fourth-order valence-corrected chi connectivity index (χ4v) is 6.96. The molecule has 7 heteroatoms. The molecule has 0 bridgehead atoms. The van der Waals surface area contributed by atoms with E-state index in [0.717, 1.165) is 38.0 Å². The molecule has 1 aromatic heterocycles. The van der Waals surface area contributed by atoms with Crippen LogP contribution in [0.4, 0.5) is 0 Å². The number of amides is 2. The minimum absolute atomic E-state index is 0.209. The third kappa shape index (κ3) is 4.98. The van der Waals surface area contributed by atoms with Crippen LogP contribution >= 0.6 is 0 Å². The van der Waals surface area contributed by atoms with E-state index in [-0.39, 0.29) is 11.8 Å². The topological polar surface area (TPSA) is 61.7 Å². The van der Waals surface area contributed by atoms with E-state index in [1.807, 2.05) is 30.6 Å². The Hall–Kier alpha value is -1.89. The molecule has 3 saturated heterocycles. The van der Waals surface area contributed by atoms with Crippen LogP contribution in [-0.4, -0.2) is 81.6 Å². The molecule has 0 N–H and O–H groups in total. The fourth-order valence-electron chi connectivity index (χ4n) is 6.96. The largest absolute Gasteiger partial charge is 0.345 e. The van der Waals surface area contributed by atoms with Crippen molar-refractivity contribution in [3.8, 4) is 0 Å². The number of rotatable bonds is 7. The van der Waals surface area contributed by atoms with Gasteiger partial charge in [-0.1, -0.05) is 0 Å². The molecule has 0 aromatic carbocycles. The van der Waals surface area contributed by atoms with E-state index in [0.29, 0.717) is 30.3 Å². The van der Waals surface area contributed by atoms with Crippen molar-refractivity contribution in [1.82, 2.24) is 24.5 Å². The average Bonchev–Trinajstić information content (AvgIpc) is 3.04. The van der Waals surface area contributed by atoms with Gasteiger partial charge in [0.25, 0.3) is 0 Å². The van der Waals surface area contributed by atoms with E-state index in [2.05, 4.69) is 21.8 Å². The van der Waals surface area contributed by atoms with E-state index >= 15 is 0 Å². The highest BCUT2D eigenvalue weighted by Gasteiger charge is 2.48. The first-order valence-electron chi connectivity index (χ1n) is 13.0. The number of carbonyl (C=O) groups excluding carboxylic acids is 2. The SMILES string of the molecule is CC(=O)N1C[C@@H]2CCCN3CCC[C@@H]([C@H]23)[C@H]1CCCC(=O)N(C)CCc1c(C)nn(C)c1C. The zero-order valence-electron chi connectivity index (χ0n) is 21.3. The number of carbonyl (C=O) groups is 2. The van der Waals surface area contributed by atoms with Gasteiger partial charge in [0.2, 0.25) is 11.8 Å². The summed E-state index contributed by atoms with van der Waals surface area (Å²) in [7, 11) is 3.88. The summed E-state index contributed by atoms with van der Waals surface area (Å²) in [4.78, 5) is 32.2. The number of hydrogen-bond donors (Lipinski definition) is 0. The quantitative estimate of drug-likeness (QED) is 0.632. The predicted octanol–water partition coefficient (Wildman–Crippen LogP) is 2.93. The molecular formula is C26H43N5O2. The summed E-state index contributed by atoms with van der Waals surface area (Å²) < 4.78 is 1.92. The minimum atomic E-state index is 0.209. The van der Waals surface area contributed by atoms with Crippen LogP contribution in [0.15, 0.2) is 0 Å². The number of nitrogens with zero attached hydrogens (tertiary/aromatic N) is 5. The predicted molar refractivity (Wildman–Crippen MR) is 130 cm³/mol. The number of aryl methyl sites for hydroxylation is 2. The Morgan fingerprint density at radius 1 is 1.15 bits per heavy atom. The molecule has 3 aliphatic heterocycles. The lowest BCUT2D eigenvalue weighted by Crippen LogP contribution is -2.65. The Kier molecular flexibility index (Phi) is 7.46. The molecule has 0 unspecified atom stereocenters. The van der Waals surface area contributed by atoms with E-state index in [4.69, 9.17) is 0 Å². The van der Waals surface area contributed by atoms with Crippen molar-refractivity contribution < 1.29 is 9.59 Å². The summed E-state index contributed by atoms with van der Waals surface area (Å²) in [6.45, 7) is 9.95. The second kappa shape index (κ2) is 10.2. The number of likely N-dealkylation sites (N-methyl/N-ethyl adjacent to an activating group) is 1. The van der Waals surface area contributed by atoms with Crippen molar-refractivity contribution >= 4 is 11.8 Å². The lowest BCUT2D eigenvalue weighted by atomic mass is 9.69. The monoisotopic (exact) mass is 457 g/mol. The first kappa shape index (κ1) is 24.2. The highest BCUT2D eigenvalue weighted by Crippen LogP contribution is 2.43. The van der Waals surface area contributed by atoms with Crippen LogP contribution in [0.3, 0.4) is 0 Å². The minimum Gasteiger partial charge on any atom is -0.345 e. The molecule has 0 aliphatic carbocycles.